The maximum Gasteiger partial charge on any atom is 0.287 e. The lowest BCUT2D eigenvalue weighted by molar-refractivity contribution is 0.589. The van der Waals surface area contributed by atoms with Crippen molar-refractivity contribution >= 4 is 11.6 Å². The molecule has 0 aliphatic rings. The van der Waals surface area contributed by atoms with Crippen molar-refractivity contribution in [3.8, 4) is 11.5 Å². The molecule has 0 saturated heterocycles. The van der Waals surface area contributed by atoms with Crippen LogP contribution in [0.5, 0.6) is 0 Å². The van der Waals surface area contributed by atoms with E-state index < -0.39 is 11.4 Å². The van der Waals surface area contributed by atoms with Gasteiger partial charge in [0, 0.05) is 6.20 Å². The number of hydrogen-bond donors (Lipinski definition) is 1. The fourth-order valence-corrected chi connectivity index (χ4v) is 1.45. The fourth-order valence-electron chi connectivity index (χ4n) is 1.24. The van der Waals surface area contributed by atoms with E-state index in [0.29, 0.717) is 10.7 Å². The van der Waals surface area contributed by atoms with Crippen LogP contribution in [0.4, 0.5) is 4.39 Å². The zero-order chi connectivity index (χ0) is 11.7. The minimum atomic E-state index is -0.893. The monoisotopic (exact) mass is 239 g/mol. The van der Waals surface area contributed by atoms with Gasteiger partial charge in [0.15, 0.2) is 5.82 Å². The number of nitrogens with zero attached hydrogens (tertiary/aromatic N) is 2. The number of rotatable bonds is 1. The lowest BCUT2D eigenvalue weighted by Gasteiger charge is -2.03. The highest BCUT2D eigenvalue weighted by molar-refractivity contribution is 6.32. The number of pyridine rings is 1. The van der Waals surface area contributed by atoms with Gasteiger partial charge in [-0.25, -0.2) is 4.98 Å². The first-order valence-corrected chi connectivity index (χ1v) is 4.84. The summed E-state index contributed by atoms with van der Waals surface area (Å²) >= 11 is 5.88. The Balaban J connectivity index is 2.67. The highest BCUT2D eigenvalue weighted by Gasteiger charge is 2.11. The number of H-pyrrole nitrogens is 1. The lowest BCUT2D eigenvalue weighted by atomic mass is 10.3. The van der Waals surface area contributed by atoms with E-state index in [9.17, 15) is 9.18 Å². The molecule has 2 heterocycles. The second-order valence-corrected chi connectivity index (χ2v) is 3.55. The smallest absolute Gasteiger partial charge is 0.287 e. The summed E-state index contributed by atoms with van der Waals surface area (Å²) in [5.74, 6) is -0.731. The highest BCUT2D eigenvalue weighted by Crippen LogP contribution is 2.21. The van der Waals surface area contributed by atoms with E-state index in [4.69, 9.17) is 11.6 Å². The molecule has 4 nitrogen and oxygen atoms in total. The third-order valence-corrected chi connectivity index (χ3v) is 2.32. The minimum absolute atomic E-state index is 0.0143. The molecule has 0 spiro atoms. The van der Waals surface area contributed by atoms with Crippen LogP contribution in [0.2, 0.25) is 5.02 Å². The summed E-state index contributed by atoms with van der Waals surface area (Å²) in [6.07, 6.45) is 1.51. The first kappa shape index (κ1) is 10.8. The summed E-state index contributed by atoms with van der Waals surface area (Å²) in [4.78, 5) is 21.3. The van der Waals surface area contributed by atoms with Crippen LogP contribution in [0.15, 0.2) is 23.1 Å². The second-order valence-electron chi connectivity index (χ2n) is 3.15. The third kappa shape index (κ3) is 1.81. The number of nitrogens with one attached hydrogen (secondary N) is 1. The van der Waals surface area contributed by atoms with Gasteiger partial charge in [-0.3, -0.25) is 9.78 Å². The Morgan fingerprint density at radius 2 is 2.25 bits per heavy atom. The van der Waals surface area contributed by atoms with E-state index in [-0.39, 0.29) is 11.5 Å². The zero-order valence-electron chi connectivity index (χ0n) is 8.29. The summed E-state index contributed by atoms with van der Waals surface area (Å²) in [6, 6.07) is 3.27. The number of halogens is 2. The predicted octanol–water partition coefficient (Wildman–Crippen LogP) is 1.93. The average Bonchev–Trinajstić information content (AvgIpc) is 2.26. The maximum absolute atomic E-state index is 13.1. The molecule has 0 radical (unpaired) electrons. The molecule has 0 aliphatic carbocycles. The molecule has 6 heteroatoms. The third-order valence-electron chi connectivity index (χ3n) is 2.01. The molecule has 16 heavy (non-hydrogen) atoms. The molecule has 2 aromatic heterocycles. The summed E-state index contributed by atoms with van der Waals surface area (Å²) in [5.41, 5.74) is -0.492. The largest absolute Gasteiger partial charge is 0.303 e. The molecule has 0 atom stereocenters. The summed E-state index contributed by atoms with van der Waals surface area (Å²) in [6.45, 7) is 1.41. The molecule has 0 fully saturated rings. The van der Waals surface area contributed by atoms with Gasteiger partial charge >= 0.3 is 0 Å². The Morgan fingerprint density at radius 3 is 2.88 bits per heavy atom. The molecule has 82 valence electrons. The number of aromatic amines is 1. The van der Waals surface area contributed by atoms with Gasteiger partial charge in [-0.05, 0) is 19.1 Å². The lowest BCUT2D eigenvalue weighted by Crippen LogP contribution is -2.15. The van der Waals surface area contributed by atoms with E-state index in [1.165, 1.54) is 13.1 Å². The van der Waals surface area contributed by atoms with Gasteiger partial charge in [-0.1, -0.05) is 11.6 Å². The topological polar surface area (TPSA) is 58.6 Å². The van der Waals surface area contributed by atoms with Gasteiger partial charge in [-0.2, -0.15) is 4.39 Å². The van der Waals surface area contributed by atoms with Gasteiger partial charge in [0.2, 0.25) is 5.82 Å². The van der Waals surface area contributed by atoms with Crippen molar-refractivity contribution in [2.75, 3.05) is 0 Å². The Labute approximate surface area is 95.1 Å². The molecule has 0 aromatic carbocycles. The van der Waals surface area contributed by atoms with E-state index in [1.807, 2.05) is 0 Å². The predicted molar refractivity (Wildman–Crippen MR) is 57.8 cm³/mol. The van der Waals surface area contributed by atoms with Crippen LogP contribution < -0.4 is 5.56 Å². The van der Waals surface area contributed by atoms with E-state index in [1.54, 1.807) is 12.1 Å². The SMILES string of the molecule is Cc1nc(-c2ncccc2Cl)[nH]c(=O)c1F. The number of aryl methyl sites for hydroxylation is 1. The van der Waals surface area contributed by atoms with Crippen molar-refractivity contribution in [2.24, 2.45) is 0 Å². The molecule has 2 rings (SSSR count). The first-order chi connectivity index (χ1) is 7.59. The van der Waals surface area contributed by atoms with Gasteiger partial charge in [0.25, 0.3) is 5.56 Å². The van der Waals surface area contributed by atoms with Crippen LogP contribution in [-0.4, -0.2) is 15.0 Å². The Bertz CT molecular complexity index is 597. The molecule has 1 N–H and O–H groups in total. The van der Waals surface area contributed by atoms with Crippen molar-refractivity contribution < 1.29 is 4.39 Å². The molecule has 0 amide bonds. The normalized spacial score (nSPS) is 10.4. The summed E-state index contributed by atoms with van der Waals surface area (Å²) in [5, 5.41) is 0.344. The van der Waals surface area contributed by atoms with Crippen LogP contribution in [-0.2, 0) is 0 Å². The Hall–Kier alpha value is -1.75. The molecule has 0 saturated carbocycles. The Kier molecular flexibility index (Phi) is 2.70. The van der Waals surface area contributed by atoms with Gasteiger partial charge < -0.3 is 4.98 Å². The summed E-state index contributed by atoms with van der Waals surface area (Å²) < 4.78 is 13.1. The minimum Gasteiger partial charge on any atom is -0.303 e. The van der Waals surface area contributed by atoms with Gasteiger partial charge in [0.05, 0.1) is 10.7 Å². The standard InChI is InChI=1S/C10H7ClFN3O/c1-5-7(12)10(16)15-9(14-5)8-6(11)3-2-4-13-8/h2-4H,1H3,(H,14,15,16). The van der Waals surface area contributed by atoms with Crippen molar-refractivity contribution in [3.05, 3.63) is 45.2 Å². The van der Waals surface area contributed by atoms with E-state index in [2.05, 4.69) is 15.0 Å². The molecule has 0 aliphatic heterocycles. The van der Waals surface area contributed by atoms with Gasteiger partial charge in [-0.15, -0.1) is 0 Å². The molecular weight excluding hydrogens is 233 g/mol. The van der Waals surface area contributed by atoms with Crippen molar-refractivity contribution in [1.82, 2.24) is 15.0 Å². The number of aromatic nitrogens is 3. The van der Waals surface area contributed by atoms with Crippen LogP contribution in [0.3, 0.4) is 0 Å². The Morgan fingerprint density at radius 1 is 1.50 bits per heavy atom. The zero-order valence-corrected chi connectivity index (χ0v) is 9.05. The fraction of sp³-hybridized carbons (Fsp3) is 0.100. The van der Waals surface area contributed by atoms with Crippen LogP contribution in [0.1, 0.15) is 5.69 Å². The first-order valence-electron chi connectivity index (χ1n) is 4.47. The van der Waals surface area contributed by atoms with E-state index in [0.717, 1.165) is 0 Å². The van der Waals surface area contributed by atoms with Crippen LogP contribution >= 0.6 is 11.6 Å². The van der Waals surface area contributed by atoms with Crippen LogP contribution in [0, 0.1) is 12.7 Å². The van der Waals surface area contributed by atoms with Crippen molar-refractivity contribution in [1.29, 1.82) is 0 Å². The second kappa shape index (κ2) is 4.02. The highest BCUT2D eigenvalue weighted by atomic mass is 35.5. The quantitative estimate of drug-likeness (QED) is 0.827. The molecule has 0 bridgehead atoms. The molecule has 0 unspecified atom stereocenters. The molecular formula is C10H7ClFN3O. The average molecular weight is 240 g/mol. The van der Waals surface area contributed by atoms with Gasteiger partial charge in [0.1, 0.15) is 5.69 Å². The summed E-state index contributed by atoms with van der Waals surface area (Å²) in [7, 11) is 0. The van der Waals surface area contributed by atoms with E-state index >= 15 is 0 Å². The van der Waals surface area contributed by atoms with Crippen LogP contribution in [0.25, 0.3) is 11.5 Å². The van der Waals surface area contributed by atoms with Crippen molar-refractivity contribution in [3.63, 3.8) is 0 Å². The number of hydrogen-bond acceptors (Lipinski definition) is 3. The van der Waals surface area contributed by atoms with Crippen molar-refractivity contribution in [2.45, 2.75) is 6.92 Å². The maximum atomic E-state index is 13.1. The molecule has 2 aromatic rings.